The van der Waals surface area contributed by atoms with Crippen LogP contribution in [0.15, 0.2) is 40.1 Å². The smallest absolute Gasteiger partial charge is 0.0385 e. The predicted octanol–water partition coefficient (Wildman–Crippen LogP) is 7.32. The maximum absolute atomic E-state index is 2.52. The molecule has 138 valence electrons. The molecule has 0 saturated carbocycles. The summed E-state index contributed by atoms with van der Waals surface area (Å²) in [5.74, 6) is 1.24. The molecule has 2 heterocycles. The fraction of sp³-hybridized carbons (Fsp3) is 0.500. The Morgan fingerprint density at radius 2 is 1.65 bits per heavy atom. The number of rotatable bonds is 1. The Kier molecular flexibility index (Phi) is 4.51. The van der Waals surface area contributed by atoms with E-state index in [2.05, 4.69) is 95.4 Å². The summed E-state index contributed by atoms with van der Waals surface area (Å²) >= 11 is 4.14. The van der Waals surface area contributed by atoms with Crippen LogP contribution in [0.3, 0.4) is 0 Å². The zero-order valence-corrected chi connectivity index (χ0v) is 18.5. The Morgan fingerprint density at radius 1 is 0.885 bits per heavy atom. The van der Waals surface area contributed by atoms with Crippen LogP contribution in [0, 0.1) is 0 Å². The van der Waals surface area contributed by atoms with E-state index in [1.165, 1.54) is 40.2 Å². The monoisotopic (exact) mass is 382 g/mol. The molecule has 1 atom stereocenters. The minimum atomic E-state index is 0.215. The molecule has 4 rings (SSSR count). The van der Waals surface area contributed by atoms with Crippen LogP contribution in [-0.4, -0.2) is 5.75 Å². The Morgan fingerprint density at radius 3 is 2.35 bits per heavy atom. The predicted molar refractivity (Wildman–Crippen MR) is 117 cm³/mol. The lowest BCUT2D eigenvalue weighted by Crippen LogP contribution is -2.14. The Bertz CT molecular complexity index is 850. The van der Waals surface area contributed by atoms with E-state index in [4.69, 9.17) is 0 Å². The summed E-state index contributed by atoms with van der Waals surface area (Å²) in [4.78, 5) is 3.06. The summed E-state index contributed by atoms with van der Waals surface area (Å²) in [6.07, 6.45) is 2.40. The van der Waals surface area contributed by atoms with Crippen LogP contribution >= 0.6 is 23.5 Å². The zero-order chi connectivity index (χ0) is 18.7. The molecule has 0 saturated heterocycles. The lowest BCUT2D eigenvalue weighted by Gasteiger charge is -2.24. The molecule has 2 aromatic rings. The maximum Gasteiger partial charge on any atom is 0.0385 e. The van der Waals surface area contributed by atoms with E-state index in [1.807, 2.05) is 0 Å². The van der Waals surface area contributed by atoms with Gasteiger partial charge in [0.1, 0.15) is 0 Å². The van der Waals surface area contributed by atoms with Crippen LogP contribution in [0.5, 0.6) is 0 Å². The second-order valence-electron chi connectivity index (χ2n) is 9.79. The third-order valence-electron chi connectivity index (χ3n) is 5.59. The highest BCUT2D eigenvalue weighted by Crippen LogP contribution is 2.50. The van der Waals surface area contributed by atoms with Crippen molar-refractivity contribution in [1.29, 1.82) is 0 Å². The van der Waals surface area contributed by atoms with Gasteiger partial charge in [0.15, 0.2) is 0 Å². The second kappa shape index (κ2) is 6.34. The Balaban J connectivity index is 1.69. The third-order valence-corrected chi connectivity index (χ3v) is 8.13. The summed E-state index contributed by atoms with van der Waals surface area (Å²) in [5.41, 5.74) is 8.09. The quantitative estimate of drug-likeness (QED) is 0.507. The highest BCUT2D eigenvalue weighted by molar-refractivity contribution is 8.00. The van der Waals surface area contributed by atoms with Gasteiger partial charge in [-0.2, -0.15) is 0 Å². The van der Waals surface area contributed by atoms with Gasteiger partial charge in [0.05, 0.1) is 0 Å². The zero-order valence-electron chi connectivity index (χ0n) is 16.9. The number of benzene rings is 2. The average Bonchev–Trinajstić information content (AvgIpc) is 3.17. The number of hydrogen-bond donors (Lipinski definition) is 0. The van der Waals surface area contributed by atoms with Crippen LogP contribution in [0.25, 0.3) is 0 Å². The molecule has 0 radical (unpaired) electrons. The van der Waals surface area contributed by atoms with Crippen LogP contribution in [-0.2, 0) is 23.7 Å². The first-order valence-corrected chi connectivity index (χ1v) is 11.6. The lowest BCUT2D eigenvalue weighted by molar-refractivity contribution is 0.575. The van der Waals surface area contributed by atoms with Gasteiger partial charge in [-0.3, -0.25) is 0 Å². The van der Waals surface area contributed by atoms with Crippen molar-refractivity contribution >= 4 is 23.5 Å². The fourth-order valence-corrected chi connectivity index (χ4v) is 6.69. The third kappa shape index (κ3) is 3.36. The summed E-state index contributed by atoms with van der Waals surface area (Å²) < 4.78 is 0. The van der Waals surface area contributed by atoms with E-state index in [1.54, 1.807) is 16.0 Å². The highest BCUT2D eigenvalue weighted by atomic mass is 32.2. The molecular weight excluding hydrogens is 352 g/mol. The van der Waals surface area contributed by atoms with Crippen LogP contribution < -0.4 is 0 Å². The van der Waals surface area contributed by atoms with Crippen molar-refractivity contribution in [3.05, 3.63) is 58.1 Å². The minimum absolute atomic E-state index is 0.215. The van der Waals surface area contributed by atoms with Gasteiger partial charge in [0.2, 0.25) is 0 Å². The molecule has 0 spiro atoms. The molecule has 2 aromatic carbocycles. The Labute approximate surface area is 167 Å². The molecule has 2 heteroatoms. The first kappa shape index (κ1) is 18.5. The number of fused-ring (bicyclic) bond motifs is 2. The van der Waals surface area contributed by atoms with Crippen molar-refractivity contribution in [3.8, 4) is 0 Å². The van der Waals surface area contributed by atoms with Gasteiger partial charge in [0.25, 0.3) is 0 Å². The van der Waals surface area contributed by atoms with E-state index in [9.17, 15) is 0 Å². The number of hydrogen-bond acceptors (Lipinski definition) is 2. The van der Waals surface area contributed by atoms with Crippen molar-refractivity contribution in [2.75, 3.05) is 5.75 Å². The molecule has 0 aromatic heterocycles. The van der Waals surface area contributed by atoms with E-state index in [-0.39, 0.29) is 10.8 Å². The van der Waals surface area contributed by atoms with Crippen molar-refractivity contribution in [3.63, 3.8) is 0 Å². The van der Waals surface area contributed by atoms with Crippen LogP contribution in [0.2, 0.25) is 0 Å². The molecule has 26 heavy (non-hydrogen) atoms. The van der Waals surface area contributed by atoms with Gasteiger partial charge < -0.3 is 0 Å². The van der Waals surface area contributed by atoms with Crippen LogP contribution in [0.1, 0.15) is 74.6 Å². The molecule has 2 aliphatic rings. The van der Waals surface area contributed by atoms with E-state index in [0.29, 0.717) is 5.25 Å². The lowest BCUT2D eigenvalue weighted by atomic mass is 9.83. The fourth-order valence-electron chi connectivity index (χ4n) is 3.96. The van der Waals surface area contributed by atoms with Gasteiger partial charge in [0, 0.05) is 20.8 Å². The van der Waals surface area contributed by atoms with Gasteiger partial charge in [-0.1, -0.05) is 65.8 Å². The minimum Gasteiger partial charge on any atom is -0.125 e. The summed E-state index contributed by atoms with van der Waals surface area (Å²) in [6, 6.07) is 12.2. The molecule has 0 N–H and O–H groups in total. The largest absolute Gasteiger partial charge is 0.125 e. The first-order chi connectivity index (χ1) is 12.1. The molecule has 1 unspecified atom stereocenters. The molecule has 2 aliphatic heterocycles. The number of aryl methyl sites for hydroxylation is 1. The van der Waals surface area contributed by atoms with E-state index >= 15 is 0 Å². The standard InChI is InChI=1S/C24H30S2/c1-23(2,3)18-8-7-15-13-20(26-21(15)14-18)17-11-16-9-10-25-22(16)19(12-17)24(4,5)6/h7-8,11-12,14,20H,9-10,13H2,1-6H3. The summed E-state index contributed by atoms with van der Waals surface area (Å²) in [6.45, 7) is 14.0. The van der Waals surface area contributed by atoms with Gasteiger partial charge in [-0.05, 0) is 57.6 Å². The van der Waals surface area contributed by atoms with Crippen molar-refractivity contribution in [2.45, 2.75) is 80.3 Å². The summed E-state index contributed by atoms with van der Waals surface area (Å²) in [7, 11) is 0. The van der Waals surface area contributed by atoms with Gasteiger partial charge in [-0.25, -0.2) is 0 Å². The molecule has 0 amide bonds. The molecule has 0 nitrogen and oxygen atoms in total. The van der Waals surface area contributed by atoms with Gasteiger partial charge in [-0.15, -0.1) is 23.5 Å². The van der Waals surface area contributed by atoms with Crippen molar-refractivity contribution in [1.82, 2.24) is 0 Å². The number of thioether (sulfide) groups is 2. The van der Waals surface area contributed by atoms with Crippen LogP contribution in [0.4, 0.5) is 0 Å². The Hall–Kier alpha value is -0.860. The maximum atomic E-state index is 2.52. The normalized spacial score (nSPS) is 19.5. The molecule has 0 aliphatic carbocycles. The van der Waals surface area contributed by atoms with E-state index in [0.717, 1.165) is 0 Å². The second-order valence-corrected chi connectivity index (χ2v) is 12.1. The molecule has 0 fully saturated rings. The summed E-state index contributed by atoms with van der Waals surface area (Å²) in [5, 5.41) is 0.567. The molecule has 0 bridgehead atoms. The van der Waals surface area contributed by atoms with Crippen molar-refractivity contribution in [2.24, 2.45) is 0 Å². The van der Waals surface area contributed by atoms with Crippen molar-refractivity contribution < 1.29 is 0 Å². The highest BCUT2D eigenvalue weighted by Gasteiger charge is 2.30. The first-order valence-electron chi connectivity index (χ1n) is 9.73. The topological polar surface area (TPSA) is 0 Å². The average molecular weight is 383 g/mol. The molecular formula is C24H30S2. The van der Waals surface area contributed by atoms with E-state index < -0.39 is 0 Å². The SMILES string of the molecule is CC(C)(C)c1ccc2c(c1)SC(c1cc3c(c(C(C)(C)C)c1)SCC3)C2. The van der Waals surface area contributed by atoms with Gasteiger partial charge >= 0.3 is 0 Å².